The van der Waals surface area contributed by atoms with Gasteiger partial charge in [0.2, 0.25) is 5.91 Å². The van der Waals surface area contributed by atoms with Gasteiger partial charge in [0.15, 0.2) is 6.61 Å². The zero-order valence-corrected chi connectivity index (χ0v) is 15.8. The third kappa shape index (κ3) is 4.19. The number of rotatable bonds is 3. The van der Waals surface area contributed by atoms with E-state index in [1.54, 1.807) is 23.1 Å². The van der Waals surface area contributed by atoms with Crippen molar-refractivity contribution in [3.8, 4) is 0 Å². The van der Waals surface area contributed by atoms with E-state index < -0.39 is 5.97 Å². The molecule has 0 aliphatic carbocycles. The summed E-state index contributed by atoms with van der Waals surface area (Å²) in [5.41, 5.74) is 0.894. The first-order chi connectivity index (χ1) is 12.3. The number of nitrogens with one attached hydrogen (secondary N) is 1. The highest BCUT2D eigenvalue weighted by Crippen LogP contribution is 2.36. The molecule has 3 rings (SSSR count). The Balaban J connectivity index is 1.59. The van der Waals surface area contributed by atoms with E-state index in [2.05, 4.69) is 5.32 Å². The molecule has 0 radical (unpaired) electrons. The molecule has 0 saturated carbocycles. The number of nitrogens with zero attached hydrogens (tertiary/aromatic N) is 1. The lowest BCUT2D eigenvalue weighted by atomic mass is 10.2. The van der Waals surface area contributed by atoms with Gasteiger partial charge in [0.25, 0.3) is 5.91 Å². The van der Waals surface area contributed by atoms with E-state index in [-0.39, 0.29) is 35.9 Å². The number of carbonyl (C=O) groups is 3. The van der Waals surface area contributed by atoms with Crippen LogP contribution in [-0.4, -0.2) is 59.8 Å². The van der Waals surface area contributed by atoms with Crippen LogP contribution in [0.5, 0.6) is 0 Å². The Morgan fingerprint density at radius 2 is 1.96 bits per heavy atom. The molecule has 3 atom stereocenters. The van der Waals surface area contributed by atoms with Crippen LogP contribution in [0.4, 0.5) is 5.69 Å². The lowest BCUT2D eigenvalue weighted by Gasteiger charge is -2.35. The number of esters is 1. The van der Waals surface area contributed by atoms with Crippen LogP contribution in [0.1, 0.15) is 31.1 Å². The lowest BCUT2D eigenvalue weighted by molar-refractivity contribution is -0.146. The van der Waals surface area contributed by atoms with Gasteiger partial charge in [-0.3, -0.25) is 9.59 Å². The Morgan fingerprint density at radius 3 is 2.65 bits per heavy atom. The van der Waals surface area contributed by atoms with Crippen LogP contribution in [0.2, 0.25) is 0 Å². The summed E-state index contributed by atoms with van der Waals surface area (Å²) in [7, 11) is 0. The Labute approximate surface area is 156 Å². The van der Waals surface area contributed by atoms with Gasteiger partial charge in [-0.15, -0.1) is 11.8 Å². The number of benzene rings is 1. The van der Waals surface area contributed by atoms with Crippen molar-refractivity contribution >= 4 is 35.2 Å². The van der Waals surface area contributed by atoms with Gasteiger partial charge in [-0.1, -0.05) is 0 Å². The summed E-state index contributed by atoms with van der Waals surface area (Å²) < 4.78 is 10.8. The number of thioether (sulfide) groups is 1. The minimum atomic E-state index is -0.589. The maximum atomic E-state index is 12.3. The molecule has 1 aromatic rings. The quantitative estimate of drug-likeness (QED) is 0.809. The van der Waals surface area contributed by atoms with Crippen molar-refractivity contribution in [2.75, 3.05) is 25.0 Å². The first kappa shape index (κ1) is 18.7. The molecule has 0 spiro atoms. The number of amides is 2. The van der Waals surface area contributed by atoms with Gasteiger partial charge in [-0.2, -0.15) is 0 Å². The van der Waals surface area contributed by atoms with E-state index in [9.17, 15) is 14.4 Å². The zero-order valence-electron chi connectivity index (χ0n) is 15.0. The SMILES string of the molecule is CC1CN(C(=O)COC(=O)c2ccc3c(c2)NC(=O)C(C)S3)CC(C)O1. The fourth-order valence-electron chi connectivity index (χ4n) is 3.02. The smallest absolute Gasteiger partial charge is 0.338 e. The topological polar surface area (TPSA) is 84.9 Å². The van der Waals surface area contributed by atoms with Crippen molar-refractivity contribution in [1.82, 2.24) is 4.90 Å². The molecule has 0 bridgehead atoms. The average molecular weight is 378 g/mol. The Hall–Kier alpha value is -2.06. The number of hydrogen-bond donors (Lipinski definition) is 1. The maximum absolute atomic E-state index is 12.3. The summed E-state index contributed by atoms with van der Waals surface area (Å²) >= 11 is 1.44. The van der Waals surface area contributed by atoms with Gasteiger partial charge in [-0.25, -0.2) is 4.79 Å². The molecule has 1 fully saturated rings. The van der Waals surface area contributed by atoms with Crippen molar-refractivity contribution in [3.05, 3.63) is 23.8 Å². The predicted octanol–water partition coefficient (Wildman–Crippen LogP) is 1.91. The van der Waals surface area contributed by atoms with E-state index in [1.165, 1.54) is 11.8 Å². The first-order valence-corrected chi connectivity index (χ1v) is 9.43. The second-order valence-corrected chi connectivity index (χ2v) is 7.98. The van der Waals surface area contributed by atoms with E-state index >= 15 is 0 Å². The Kier molecular flexibility index (Phi) is 5.52. The molecule has 26 heavy (non-hydrogen) atoms. The van der Waals surface area contributed by atoms with Crippen molar-refractivity contribution in [2.45, 2.75) is 43.1 Å². The number of morpholine rings is 1. The van der Waals surface area contributed by atoms with Gasteiger partial charge in [0.1, 0.15) is 0 Å². The molecule has 7 nitrogen and oxygen atoms in total. The van der Waals surface area contributed by atoms with Gasteiger partial charge >= 0.3 is 5.97 Å². The van der Waals surface area contributed by atoms with Crippen LogP contribution in [0.15, 0.2) is 23.1 Å². The maximum Gasteiger partial charge on any atom is 0.338 e. The molecule has 1 N–H and O–H groups in total. The van der Waals surface area contributed by atoms with Crippen LogP contribution in [0.3, 0.4) is 0 Å². The molecule has 8 heteroatoms. The van der Waals surface area contributed by atoms with E-state index in [1.807, 2.05) is 20.8 Å². The Bertz CT molecular complexity index is 728. The number of anilines is 1. The zero-order chi connectivity index (χ0) is 18.8. The summed E-state index contributed by atoms with van der Waals surface area (Å²) in [6.45, 7) is 6.30. The van der Waals surface area contributed by atoms with Crippen LogP contribution >= 0.6 is 11.8 Å². The van der Waals surface area contributed by atoms with Crippen molar-refractivity contribution in [3.63, 3.8) is 0 Å². The summed E-state index contributed by atoms with van der Waals surface area (Å²) in [5.74, 6) is -0.928. The van der Waals surface area contributed by atoms with E-state index in [4.69, 9.17) is 9.47 Å². The van der Waals surface area contributed by atoms with E-state index in [0.29, 0.717) is 24.3 Å². The molecule has 2 aliphatic heterocycles. The third-order valence-electron chi connectivity index (χ3n) is 4.25. The van der Waals surface area contributed by atoms with Gasteiger partial charge in [0.05, 0.1) is 28.7 Å². The molecule has 2 amide bonds. The molecular formula is C18H22N2O5S. The van der Waals surface area contributed by atoms with Crippen LogP contribution in [0, 0.1) is 0 Å². The summed E-state index contributed by atoms with van der Waals surface area (Å²) in [6, 6.07) is 5.00. The minimum absolute atomic E-state index is 0.0393. The number of carbonyl (C=O) groups excluding carboxylic acids is 3. The van der Waals surface area contributed by atoms with Crippen molar-refractivity contribution < 1.29 is 23.9 Å². The normalized spacial score (nSPS) is 25.3. The van der Waals surface area contributed by atoms with Crippen LogP contribution in [0.25, 0.3) is 0 Å². The first-order valence-electron chi connectivity index (χ1n) is 8.55. The highest BCUT2D eigenvalue weighted by Gasteiger charge is 2.27. The fraction of sp³-hybridized carbons (Fsp3) is 0.500. The average Bonchev–Trinajstić information content (AvgIpc) is 2.59. The number of hydrogen-bond acceptors (Lipinski definition) is 6. The molecule has 1 saturated heterocycles. The van der Waals surface area contributed by atoms with Gasteiger partial charge in [-0.05, 0) is 39.0 Å². The second-order valence-electron chi connectivity index (χ2n) is 6.59. The third-order valence-corrected chi connectivity index (χ3v) is 5.42. The summed E-state index contributed by atoms with van der Waals surface area (Å²) in [5, 5.41) is 2.60. The molecular weight excluding hydrogens is 356 g/mol. The monoisotopic (exact) mass is 378 g/mol. The number of fused-ring (bicyclic) bond motifs is 1. The highest BCUT2D eigenvalue weighted by atomic mass is 32.2. The molecule has 0 aromatic heterocycles. The number of ether oxygens (including phenoxy) is 2. The minimum Gasteiger partial charge on any atom is -0.452 e. The lowest BCUT2D eigenvalue weighted by Crippen LogP contribution is -2.49. The Morgan fingerprint density at radius 1 is 1.27 bits per heavy atom. The molecule has 1 aromatic carbocycles. The van der Waals surface area contributed by atoms with Crippen LogP contribution < -0.4 is 5.32 Å². The van der Waals surface area contributed by atoms with Crippen molar-refractivity contribution in [2.24, 2.45) is 0 Å². The van der Waals surface area contributed by atoms with E-state index in [0.717, 1.165) is 4.90 Å². The molecule has 140 valence electrons. The predicted molar refractivity (Wildman–Crippen MR) is 97.3 cm³/mol. The largest absolute Gasteiger partial charge is 0.452 e. The standard InChI is InChI=1S/C18H22N2O5S/c1-10-7-20(8-11(2)25-10)16(21)9-24-18(23)13-4-5-15-14(6-13)19-17(22)12(3)26-15/h4-6,10-12H,7-9H2,1-3H3,(H,19,22). The fourth-order valence-corrected chi connectivity index (χ4v) is 3.95. The molecule has 3 unspecified atom stereocenters. The highest BCUT2D eigenvalue weighted by molar-refractivity contribution is 8.00. The van der Waals surface area contributed by atoms with Crippen LogP contribution in [-0.2, 0) is 19.1 Å². The summed E-state index contributed by atoms with van der Waals surface area (Å²) in [4.78, 5) is 38.9. The van der Waals surface area contributed by atoms with Gasteiger partial charge < -0.3 is 19.7 Å². The van der Waals surface area contributed by atoms with Crippen molar-refractivity contribution in [1.29, 1.82) is 0 Å². The second kappa shape index (κ2) is 7.67. The van der Waals surface area contributed by atoms with Gasteiger partial charge in [0, 0.05) is 18.0 Å². The summed E-state index contributed by atoms with van der Waals surface area (Å²) in [6.07, 6.45) is -0.0786. The molecule has 2 heterocycles. The molecule has 2 aliphatic rings.